The van der Waals surface area contributed by atoms with Crippen molar-refractivity contribution in [1.29, 1.82) is 0 Å². The maximum atomic E-state index is 12.2. The topological polar surface area (TPSA) is 142 Å². The molecule has 0 amide bonds. The Kier molecular flexibility index (Phi) is 4.59. The molecule has 1 aliphatic heterocycles. The van der Waals surface area contributed by atoms with E-state index in [9.17, 15) is 19.4 Å². The van der Waals surface area contributed by atoms with Crippen LogP contribution < -0.4 is 11.4 Å². The van der Waals surface area contributed by atoms with Crippen LogP contribution >= 0.6 is 0 Å². The molecule has 19 heavy (non-hydrogen) atoms. The van der Waals surface area contributed by atoms with Crippen molar-refractivity contribution in [1.82, 2.24) is 9.55 Å². The van der Waals surface area contributed by atoms with Gasteiger partial charge in [-0.1, -0.05) is 0 Å². The molecule has 106 valence electrons. The van der Waals surface area contributed by atoms with E-state index in [-0.39, 0.29) is 24.0 Å². The summed E-state index contributed by atoms with van der Waals surface area (Å²) in [5, 5.41) is 18.8. The minimum absolute atomic E-state index is 0. The third-order valence-corrected chi connectivity index (χ3v) is 2.66. The number of hydrogen-bond donors (Lipinski definition) is 3. The van der Waals surface area contributed by atoms with Crippen molar-refractivity contribution < 1.29 is 24.8 Å². The first-order valence-electron chi connectivity index (χ1n) is 5.20. The first kappa shape index (κ1) is 15.1. The number of nitrogen functional groups attached to an aromatic ring is 1. The molecule has 8 nitrogen and oxygen atoms in total. The van der Waals surface area contributed by atoms with E-state index in [1.807, 2.05) is 0 Å². The van der Waals surface area contributed by atoms with Gasteiger partial charge in [0.05, 0.1) is 6.10 Å². The third kappa shape index (κ3) is 2.89. The van der Waals surface area contributed by atoms with E-state index in [4.69, 9.17) is 10.5 Å². The molecule has 0 aliphatic carbocycles. The van der Waals surface area contributed by atoms with Crippen LogP contribution in [0.15, 0.2) is 29.1 Å². The molecule has 1 saturated heterocycles. The van der Waals surface area contributed by atoms with Crippen molar-refractivity contribution in [2.24, 2.45) is 0 Å². The van der Waals surface area contributed by atoms with Crippen molar-refractivity contribution >= 4 is 5.82 Å². The van der Waals surface area contributed by atoms with Crippen LogP contribution in [-0.4, -0.2) is 37.4 Å². The average molecular weight is 275 g/mol. The van der Waals surface area contributed by atoms with E-state index in [1.165, 1.54) is 12.3 Å². The lowest BCUT2D eigenvalue weighted by molar-refractivity contribution is -0.0205. The van der Waals surface area contributed by atoms with E-state index in [0.717, 1.165) is 4.57 Å². The number of nitrogens with two attached hydrogens (primary N) is 1. The van der Waals surface area contributed by atoms with Crippen molar-refractivity contribution in [3.63, 3.8) is 0 Å². The van der Waals surface area contributed by atoms with Crippen molar-refractivity contribution in [3.8, 4) is 0 Å². The first-order valence-corrected chi connectivity index (χ1v) is 5.20. The fourth-order valence-corrected chi connectivity index (χ4v) is 1.80. The summed E-state index contributed by atoms with van der Waals surface area (Å²) in [5.41, 5.74) is 4.70. The molecule has 0 spiro atoms. The van der Waals surface area contributed by atoms with Gasteiger partial charge in [-0.3, -0.25) is 4.57 Å². The van der Waals surface area contributed by atoms with E-state index in [0.29, 0.717) is 0 Å². The minimum Gasteiger partial charge on any atom is -0.507 e. The minimum atomic E-state index is -1.19. The summed E-state index contributed by atoms with van der Waals surface area (Å²) in [4.78, 5) is 15.0. The molecule has 1 fully saturated rings. The molecule has 6 N–H and O–H groups in total. The van der Waals surface area contributed by atoms with Gasteiger partial charge in [-0.25, -0.2) is 9.18 Å². The maximum absolute atomic E-state index is 12.2. The van der Waals surface area contributed by atoms with Gasteiger partial charge in [0.2, 0.25) is 0 Å². The number of aliphatic hydroxyl groups is 2. The zero-order valence-corrected chi connectivity index (χ0v) is 9.73. The molecule has 0 radical (unpaired) electrons. The third-order valence-electron chi connectivity index (χ3n) is 2.66. The molecular weight excluding hydrogens is 261 g/mol. The molecule has 3 atom stereocenters. The predicted molar refractivity (Wildman–Crippen MR) is 62.9 cm³/mol. The number of halogens is 1. The maximum Gasteiger partial charge on any atom is 0.351 e. The first-order chi connectivity index (χ1) is 8.52. The summed E-state index contributed by atoms with van der Waals surface area (Å²) < 4.78 is 18.5. The molecule has 1 aromatic heterocycles. The second kappa shape index (κ2) is 5.78. The lowest BCUT2D eigenvalue weighted by atomic mass is 10.1. The fraction of sp³-hybridized carbons (Fsp3) is 0.400. The Bertz CT molecular complexity index is 532. The molecule has 0 bridgehead atoms. The largest absolute Gasteiger partial charge is 0.507 e. The molecule has 0 unspecified atom stereocenters. The highest BCUT2D eigenvalue weighted by atomic mass is 19.1. The van der Waals surface area contributed by atoms with Gasteiger partial charge < -0.3 is 26.2 Å². The lowest BCUT2D eigenvalue weighted by Gasteiger charge is -2.14. The molecular formula is C10H14FN3O5. The van der Waals surface area contributed by atoms with Crippen LogP contribution in [0.3, 0.4) is 0 Å². The van der Waals surface area contributed by atoms with Crippen LogP contribution in [0.4, 0.5) is 10.2 Å². The Labute approximate surface area is 106 Å². The van der Waals surface area contributed by atoms with Crippen LogP contribution in [0, 0.1) is 0 Å². The Morgan fingerprint density at radius 2 is 2.37 bits per heavy atom. The van der Waals surface area contributed by atoms with E-state index >= 15 is 0 Å². The second-order valence-corrected chi connectivity index (χ2v) is 3.89. The van der Waals surface area contributed by atoms with Crippen LogP contribution in [0.2, 0.25) is 0 Å². The number of ether oxygens (including phenoxy) is 1. The van der Waals surface area contributed by atoms with Gasteiger partial charge >= 0.3 is 5.69 Å². The second-order valence-electron chi connectivity index (χ2n) is 3.89. The van der Waals surface area contributed by atoms with Crippen molar-refractivity contribution in [2.45, 2.75) is 24.9 Å². The molecule has 0 aromatic carbocycles. The number of hydrogen-bond acceptors (Lipinski definition) is 6. The standard InChI is InChI=1S/C10H12FN3O4.H2O/c11-4-6(16)9-5(15)3-8(18-9)14-2-1-7(12)13-10(14)17;/h1-2,4-5,8-9,15-16H,3H2,(H2,12,13,17);1H2/b6-4+;/t5-,8+,9-;/m0./s1. The van der Waals surface area contributed by atoms with Gasteiger partial charge in [-0.05, 0) is 6.07 Å². The van der Waals surface area contributed by atoms with Gasteiger partial charge in [-0.15, -0.1) is 0 Å². The monoisotopic (exact) mass is 275 g/mol. The Morgan fingerprint density at radius 1 is 1.68 bits per heavy atom. The highest BCUT2D eigenvalue weighted by Crippen LogP contribution is 2.30. The van der Waals surface area contributed by atoms with Crippen LogP contribution in [0.5, 0.6) is 0 Å². The quantitative estimate of drug-likeness (QED) is 0.592. The molecule has 2 heterocycles. The lowest BCUT2D eigenvalue weighted by Crippen LogP contribution is -2.27. The smallest absolute Gasteiger partial charge is 0.351 e. The average Bonchev–Trinajstić information content (AvgIpc) is 2.70. The molecule has 1 aromatic rings. The number of nitrogens with zero attached hydrogens (tertiary/aromatic N) is 2. The summed E-state index contributed by atoms with van der Waals surface area (Å²) in [5.74, 6) is -0.653. The van der Waals surface area contributed by atoms with E-state index < -0.39 is 29.9 Å². The van der Waals surface area contributed by atoms with E-state index in [1.54, 1.807) is 0 Å². The fourth-order valence-electron chi connectivity index (χ4n) is 1.80. The normalized spacial score (nSPS) is 27.1. The highest BCUT2D eigenvalue weighted by molar-refractivity contribution is 5.23. The zero-order chi connectivity index (χ0) is 13.3. The summed E-state index contributed by atoms with van der Waals surface area (Å²) in [6, 6.07) is 1.40. The number of aliphatic hydroxyl groups excluding tert-OH is 2. The van der Waals surface area contributed by atoms with Crippen LogP contribution in [0.1, 0.15) is 12.6 Å². The summed E-state index contributed by atoms with van der Waals surface area (Å²) in [7, 11) is 0. The Hall–Kier alpha value is -1.97. The van der Waals surface area contributed by atoms with E-state index in [2.05, 4.69) is 4.98 Å². The molecule has 0 saturated carbocycles. The van der Waals surface area contributed by atoms with Gasteiger partial charge in [-0.2, -0.15) is 4.98 Å². The van der Waals surface area contributed by atoms with Gasteiger partial charge in [0.25, 0.3) is 0 Å². The molecule has 9 heteroatoms. The predicted octanol–water partition coefficient (Wildman–Crippen LogP) is -0.982. The summed E-state index contributed by atoms with van der Waals surface area (Å²) >= 11 is 0. The SMILES string of the molecule is Nc1ccn([C@H]2C[C@H](O)[C@@H](/C(O)=C\F)O2)c(=O)n1.O. The van der Waals surface area contributed by atoms with Crippen LogP contribution in [0.25, 0.3) is 0 Å². The number of anilines is 1. The van der Waals surface area contributed by atoms with Gasteiger partial charge in [0.15, 0.2) is 5.76 Å². The zero-order valence-electron chi connectivity index (χ0n) is 9.73. The van der Waals surface area contributed by atoms with Gasteiger partial charge in [0, 0.05) is 12.6 Å². The Balaban J connectivity index is 0.00000180. The number of aromatic nitrogens is 2. The molecule has 1 aliphatic rings. The highest BCUT2D eigenvalue weighted by Gasteiger charge is 2.38. The van der Waals surface area contributed by atoms with Gasteiger partial charge in [0.1, 0.15) is 24.5 Å². The van der Waals surface area contributed by atoms with Crippen molar-refractivity contribution in [3.05, 3.63) is 34.8 Å². The summed E-state index contributed by atoms with van der Waals surface area (Å²) in [6.07, 6.45) is -1.78. The summed E-state index contributed by atoms with van der Waals surface area (Å²) in [6.45, 7) is 0. The Morgan fingerprint density at radius 3 is 2.95 bits per heavy atom. The number of rotatable bonds is 2. The van der Waals surface area contributed by atoms with Crippen LogP contribution in [-0.2, 0) is 4.74 Å². The molecule has 2 rings (SSSR count). The van der Waals surface area contributed by atoms with Crippen molar-refractivity contribution in [2.75, 3.05) is 5.73 Å².